The Balaban J connectivity index is 2.02. The van der Waals surface area contributed by atoms with Crippen molar-refractivity contribution in [1.29, 1.82) is 0 Å². The number of imidazole rings is 1. The normalized spacial score (nSPS) is 10.6. The number of non-ortho nitro benzene ring substituents is 1. The zero-order valence-corrected chi connectivity index (χ0v) is 10.5. The van der Waals surface area contributed by atoms with Crippen LogP contribution in [0.4, 0.5) is 5.69 Å². The van der Waals surface area contributed by atoms with Gasteiger partial charge in [-0.1, -0.05) is 12.1 Å². The van der Waals surface area contributed by atoms with Crippen molar-refractivity contribution in [3.05, 3.63) is 57.7 Å². The highest BCUT2D eigenvalue weighted by molar-refractivity contribution is 5.32. The first-order valence-corrected chi connectivity index (χ1v) is 5.79. The molecular formula is C13H15N3O2. The van der Waals surface area contributed by atoms with E-state index in [4.69, 9.17) is 0 Å². The molecule has 1 aromatic carbocycles. The van der Waals surface area contributed by atoms with Crippen LogP contribution in [-0.4, -0.2) is 14.5 Å². The van der Waals surface area contributed by atoms with E-state index in [0.717, 1.165) is 29.9 Å². The van der Waals surface area contributed by atoms with E-state index < -0.39 is 0 Å². The SMILES string of the molecule is Cc1ncn(CCc2ccc([N+](=O)[O-])cc2)c1C. The van der Waals surface area contributed by atoms with Crippen LogP contribution in [0.3, 0.4) is 0 Å². The number of nitrogens with zero attached hydrogens (tertiary/aromatic N) is 3. The third-order valence-corrected chi connectivity index (χ3v) is 3.13. The summed E-state index contributed by atoms with van der Waals surface area (Å²) in [5.41, 5.74) is 3.43. The van der Waals surface area contributed by atoms with Gasteiger partial charge < -0.3 is 4.57 Å². The fraction of sp³-hybridized carbons (Fsp3) is 0.308. The Labute approximate surface area is 105 Å². The number of benzene rings is 1. The third-order valence-electron chi connectivity index (χ3n) is 3.13. The predicted molar refractivity (Wildman–Crippen MR) is 68.5 cm³/mol. The maximum absolute atomic E-state index is 10.5. The van der Waals surface area contributed by atoms with Gasteiger partial charge in [0.1, 0.15) is 0 Å². The molecule has 0 saturated carbocycles. The average Bonchev–Trinajstić information content (AvgIpc) is 2.68. The number of nitro groups is 1. The van der Waals surface area contributed by atoms with E-state index in [1.807, 2.05) is 20.2 Å². The van der Waals surface area contributed by atoms with Crippen molar-refractivity contribution in [1.82, 2.24) is 9.55 Å². The number of hydrogen-bond donors (Lipinski definition) is 0. The van der Waals surface area contributed by atoms with Crippen molar-refractivity contribution < 1.29 is 4.92 Å². The van der Waals surface area contributed by atoms with Crippen LogP contribution in [0.2, 0.25) is 0 Å². The van der Waals surface area contributed by atoms with Gasteiger partial charge in [-0.15, -0.1) is 0 Å². The van der Waals surface area contributed by atoms with E-state index in [2.05, 4.69) is 9.55 Å². The first kappa shape index (κ1) is 12.3. The van der Waals surface area contributed by atoms with Crippen LogP contribution in [0, 0.1) is 24.0 Å². The zero-order valence-electron chi connectivity index (χ0n) is 10.5. The summed E-state index contributed by atoms with van der Waals surface area (Å²) in [6.45, 7) is 4.86. The maximum Gasteiger partial charge on any atom is 0.269 e. The van der Waals surface area contributed by atoms with E-state index >= 15 is 0 Å². The third kappa shape index (κ3) is 2.56. The zero-order chi connectivity index (χ0) is 13.1. The lowest BCUT2D eigenvalue weighted by Crippen LogP contribution is -2.02. The summed E-state index contributed by atoms with van der Waals surface area (Å²) >= 11 is 0. The number of aryl methyl sites for hydroxylation is 3. The van der Waals surface area contributed by atoms with E-state index in [-0.39, 0.29) is 10.6 Å². The molecule has 0 atom stereocenters. The summed E-state index contributed by atoms with van der Waals surface area (Å²) in [6, 6.07) is 6.69. The summed E-state index contributed by atoms with van der Waals surface area (Å²) in [5, 5.41) is 10.5. The number of nitro benzene ring substituents is 1. The van der Waals surface area contributed by atoms with Crippen LogP contribution in [0.25, 0.3) is 0 Å². The van der Waals surface area contributed by atoms with Gasteiger partial charge in [0.05, 0.1) is 16.9 Å². The minimum atomic E-state index is -0.382. The molecule has 5 nitrogen and oxygen atoms in total. The van der Waals surface area contributed by atoms with Gasteiger partial charge in [0.25, 0.3) is 5.69 Å². The topological polar surface area (TPSA) is 61.0 Å². The minimum Gasteiger partial charge on any atom is -0.334 e. The number of aromatic nitrogens is 2. The van der Waals surface area contributed by atoms with Crippen molar-refractivity contribution in [3.8, 4) is 0 Å². The molecule has 1 aromatic heterocycles. The molecular weight excluding hydrogens is 230 g/mol. The van der Waals surface area contributed by atoms with Gasteiger partial charge in [-0.25, -0.2) is 4.98 Å². The highest BCUT2D eigenvalue weighted by Gasteiger charge is 2.05. The lowest BCUT2D eigenvalue weighted by molar-refractivity contribution is -0.384. The van der Waals surface area contributed by atoms with Gasteiger partial charge >= 0.3 is 0 Å². The van der Waals surface area contributed by atoms with Crippen molar-refractivity contribution >= 4 is 5.69 Å². The van der Waals surface area contributed by atoms with Crippen LogP contribution in [0.15, 0.2) is 30.6 Å². The fourth-order valence-electron chi connectivity index (χ4n) is 1.80. The molecule has 2 aromatic rings. The maximum atomic E-state index is 10.5. The second kappa shape index (κ2) is 5.00. The smallest absolute Gasteiger partial charge is 0.269 e. The summed E-state index contributed by atoms with van der Waals surface area (Å²) in [6.07, 6.45) is 2.67. The fourth-order valence-corrected chi connectivity index (χ4v) is 1.80. The molecule has 5 heteroatoms. The molecule has 0 unspecified atom stereocenters. The summed E-state index contributed by atoms with van der Waals surface area (Å²) in [4.78, 5) is 14.4. The Hall–Kier alpha value is -2.17. The molecule has 0 aliphatic heterocycles. The highest BCUT2D eigenvalue weighted by atomic mass is 16.6. The predicted octanol–water partition coefficient (Wildman–Crippen LogP) is 2.65. The molecule has 0 saturated heterocycles. The van der Waals surface area contributed by atoms with Crippen LogP contribution >= 0.6 is 0 Å². The van der Waals surface area contributed by atoms with Crippen LogP contribution in [0.1, 0.15) is 17.0 Å². The Morgan fingerprint density at radius 2 is 1.94 bits per heavy atom. The van der Waals surface area contributed by atoms with Crippen molar-refractivity contribution in [2.24, 2.45) is 0 Å². The molecule has 0 aliphatic carbocycles. The molecule has 1 heterocycles. The Bertz CT molecular complexity index is 558. The van der Waals surface area contributed by atoms with E-state index in [1.54, 1.807) is 24.3 Å². The second-order valence-electron chi connectivity index (χ2n) is 4.28. The van der Waals surface area contributed by atoms with Crippen molar-refractivity contribution in [2.75, 3.05) is 0 Å². The Kier molecular flexibility index (Phi) is 3.41. The quantitative estimate of drug-likeness (QED) is 0.614. The molecule has 0 amide bonds. The molecule has 18 heavy (non-hydrogen) atoms. The van der Waals surface area contributed by atoms with E-state index in [1.165, 1.54) is 0 Å². The molecule has 0 radical (unpaired) electrons. The van der Waals surface area contributed by atoms with Crippen LogP contribution in [-0.2, 0) is 13.0 Å². The lowest BCUT2D eigenvalue weighted by atomic mass is 10.1. The molecule has 0 spiro atoms. The Morgan fingerprint density at radius 3 is 2.44 bits per heavy atom. The molecule has 0 N–H and O–H groups in total. The van der Waals surface area contributed by atoms with Gasteiger partial charge in [0.2, 0.25) is 0 Å². The number of rotatable bonds is 4. The summed E-state index contributed by atoms with van der Waals surface area (Å²) < 4.78 is 2.09. The molecule has 94 valence electrons. The van der Waals surface area contributed by atoms with Crippen LogP contribution < -0.4 is 0 Å². The largest absolute Gasteiger partial charge is 0.334 e. The van der Waals surface area contributed by atoms with Gasteiger partial charge in [-0.3, -0.25) is 10.1 Å². The van der Waals surface area contributed by atoms with Gasteiger partial charge in [0.15, 0.2) is 0 Å². The molecule has 2 rings (SSSR count). The average molecular weight is 245 g/mol. The van der Waals surface area contributed by atoms with Gasteiger partial charge in [-0.2, -0.15) is 0 Å². The van der Waals surface area contributed by atoms with E-state index in [0.29, 0.717) is 0 Å². The summed E-state index contributed by atoms with van der Waals surface area (Å²) in [7, 11) is 0. The Morgan fingerprint density at radius 1 is 1.28 bits per heavy atom. The van der Waals surface area contributed by atoms with Crippen molar-refractivity contribution in [2.45, 2.75) is 26.8 Å². The second-order valence-corrected chi connectivity index (χ2v) is 4.28. The monoisotopic (exact) mass is 245 g/mol. The van der Waals surface area contributed by atoms with Gasteiger partial charge in [0, 0.05) is 24.4 Å². The molecule has 0 fully saturated rings. The van der Waals surface area contributed by atoms with E-state index in [9.17, 15) is 10.1 Å². The minimum absolute atomic E-state index is 0.133. The highest BCUT2D eigenvalue weighted by Crippen LogP contribution is 2.13. The number of hydrogen-bond acceptors (Lipinski definition) is 3. The summed E-state index contributed by atoms with van der Waals surface area (Å²) in [5.74, 6) is 0. The molecule has 0 aliphatic rings. The first-order valence-electron chi connectivity index (χ1n) is 5.79. The van der Waals surface area contributed by atoms with Crippen LogP contribution in [0.5, 0.6) is 0 Å². The lowest BCUT2D eigenvalue weighted by Gasteiger charge is -2.05. The van der Waals surface area contributed by atoms with Crippen molar-refractivity contribution in [3.63, 3.8) is 0 Å². The first-order chi connectivity index (χ1) is 8.58. The molecule has 0 bridgehead atoms. The van der Waals surface area contributed by atoms with Gasteiger partial charge in [-0.05, 0) is 25.8 Å². The standard InChI is InChI=1S/C13H15N3O2/c1-10-11(2)15(9-14-10)8-7-12-3-5-13(6-4-12)16(17)18/h3-6,9H,7-8H2,1-2H3.